The second-order valence-electron chi connectivity index (χ2n) is 7.20. The van der Waals surface area contributed by atoms with E-state index in [4.69, 9.17) is 15.6 Å². The van der Waals surface area contributed by atoms with E-state index < -0.39 is 5.97 Å². The maximum Gasteiger partial charge on any atom is 0.356 e. The van der Waals surface area contributed by atoms with Gasteiger partial charge >= 0.3 is 5.97 Å². The van der Waals surface area contributed by atoms with Gasteiger partial charge in [-0.2, -0.15) is 0 Å². The molecule has 0 aliphatic heterocycles. The summed E-state index contributed by atoms with van der Waals surface area (Å²) >= 11 is 1.34. The van der Waals surface area contributed by atoms with Crippen molar-refractivity contribution in [1.82, 2.24) is 20.3 Å². The lowest BCUT2D eigenvalue weighted by Crippen LogP contribution is -2.29. The number of carboxylic acids is 1. The first-order chi connectivity index (χ1) is 16.3. The highest BCUT2D eigenvalue weighted by Gasteiger charge is 2.17. The summed E-state index contributed by atoms with van der Waals surface area (Å²) < 4.78 is 18.0. The van der Waals surface area contributed by atoms with Gasteiger partial charge in [-0.15, -0.1) is 11.3 Å². The number of aryl methyl sites for hydroxylation is 1. The molecule has 0 unspecified atom stereocenters. The highest BCUT2D eigenvalue weighted by molar-refractivity contribution is 7.15. The van der Waals surface area contributed by atoms with Gasteiger partial charge in [0.2, 0.25) is 11.8 Å². The minimum atomic E-state index is -1.03. The largest absolute Gasteiger partial charge is 0.481 e. The van der Waals surface area contributed by atoms with Crippen LogP contribution >= 0.6 is 11.3 Å². The number of thiazole rings is 1. The van der Waals surface area contributed by atoms with Crippen molar-refractivity contribution in [3.63, 3.8) is 0 Å². The Morgan fingerprint density at radius 2 is 2.09 bits per heavy atom. The number of aromatic carboxylic acids is 1. The molecule has 0 bridgehead atoms. The van der Waals surface area contributed by atoms with Crippen LogP contribution in [0.3, 0.4) is 0 Å². The number of carbonyl (C=O) groups is 2. The number of nitrogens with zero attached hydrogens (tertiary/aromatic N) is 2. The van der Waals surface area contributed by atoms with Crippen molar-refractivity contribution < 1.29 is 23.8 Å². The van der Waals surface area contributed by atoms with Crippen LogP contribution in [0.4, 0.5) is 4.39 Å². The molecule has 4 rings (SSSR count). The summed E-state index contributed by atoms with van der Waals surface area (Å²) in [6, 6.07) is 8.11. The van der Waals surface area contributed by atoms with Crippen LogP contribution < -0.4 is 15.8 Å². The third kappa shape index (κ3) is 6.36. The second-order valence-corrected chi connectivity index (χ2v) is 8.41. The van der Waals surface area contributed by atoms with E-state index in [0.717, 1.165) is 28.5 Å². The summed E-state index contributed by atoms with van der Waals surface area (Å²) in [6.07, 6.45) is 4.16. The predicted molar refractivity (Wildman–Crippen MR) is 128 cm³/mol. The lowest BCUT2D eigenvalue weighted by Gasteiger charge is -2.01. The quantitative estimate of drug-likeness (QED) is 0.281. The zero-order valence-electron chi connectivity index (χ0n) is 18.6. The fourth-order valence-corrected chi connectivity index (χ4v) is 4.10. The molecule has 11 heteroatoms. The van der Waals surface area contributed by atoms with E-state index >= 15 is 0 Å². The second kappa shape index (κ2) is 11.3. The Morgan fingerprint density at radius 1 is 1.29 bits per heavy atom. The Labute approximate surface area is 198 Å². The molecule has 4 aromatic rings. The zero-order chi connectivity index (χ0) is 24.7. The Bertz CT molecular complexity index is 1290. The average Bonchev–Trinajstić information content (AvgIpc) is 3.40. The first-order valence-electron chi connectivity index (χ1n) is 10.2. The Morgan fingerprint density at radius 3 is 2.74 bits per heavy atom. The molecule has 9 nitrogen and oxygen atoms in total. The van der Waals surface area contributed by atoms with Crippen LogP contribution in [0.1, 0.15) is 21.1 Å². The van der Waals surface area contributed by atoms with Crippen molar-refractivity contribution in [2.45, 2.75) is 13.3 Å². The summed E-state index contributed by atoms with van der Waals surface area (Å²) in [5, 5.41) is 13.6. The van der Waals surface area contributed by atoms with Crippen molar-refractivity contribution in [3.8, 4) is 16.3 Å². The first-order valence-corrected chi connectivity index (χ1v) is 11.1. The summed E-state index contributed by atoms with van der Waals surface area (Å²) in [6.45, 7) is 2.57. The fraction of sp³-hybridized carbons (Fsp3) is 0.217. The molecule has 0 saturated carbocycles. The number of rotatable bonds is 8. The van der Waals surface area contributed by atoms with Crippen LogP contribution in [0.5, 0.6) is 5.88 Å². The van der Waals surface area contributed by atoms with Gasteiger partial charge in [0.1, 0.15) is 5.82 Å². The molecule has 3 aromatic heterocycles. The van der Waals surface area contributed by atoms with E-state index in [1.54, 1.807) is 31.3 Å². The maximum atomic E-state index is 13.1. The van der Waals surface area contributed by atoms with Crippen molar-refractivity contribution in [3.05, 3.63) is 64.8 Å². The SMILES string of the molecule is COc1ccc(-c2sc(C)nc2C(=O)O)cn1.NC(=O)CNCCc1c[nH]c2ccc(F)cc12. The maximum absolute atomic E-state index is 13.1. The molecule has 0 atom stereocenters. The molecule has 0 saturated heterocycles. The number of methoxy groups -OCH3 is 1. The molecular formula is C23H24FN5O4S. The molecule has 0 radical (unpaired) electrons. The number of H-pyrrole nitrogens is 1. The summed E-state index contributed by atoms with van der Waals surface area (Å²) in [4.78, 5) is 33.3. The summed E-state index contributed by atoms with van der Waals surface area (Å²) in [5.74, 6) is -1.16. The number of nitrogens with two attached hydrogens (primary N) is 1. The van der Waals surface area contributed by atoms with Crippen LogP contribution in [0.25, 0.3) is 21.3 Å². The molecule has 5 N–H and O–H groups in total. The van der Waals surface area contributed by atoms with Gasteiger partial charge in [-0.3, -0.25) is 4.79 Å². The van der Waals surface area contributed by atoms with Crippen LogP contribution in [0.15, 0.2) is 42.7 Å². The van der Waals surface area contributed by atoms with Crippen LogP contribution in [-0.4, -0.2) is 52.1 Å². The third-order valence-electron chi connectivity index (χ3n) is 4.74. The number of halogens is 1. The third-order valence-corrected chi connectivity index (χ3v) is 5.76. The number of amides is 1. The predicted octanol–water partition coefficient (Wildman–Crippen LogP) is 3.14. The Balaban J connectivity index is 0.000000191. The van der Waals surface area contributed by atoms with Crippen molar-refractivity contribution >= 4 is 34.1 Å². The smallest absolute Gasteiger partial charge is 0.356 e. The number of pyridine rings is 1. The number of aromatic amines is 1. The first kappa shape index (κ1) is 24.8. The number of hydrogen-bond acceptors (Lipinski definition) is 7. The fourth-order valence-electron chi connectivity index (χ4n) is 3.20. The highest BCUT2D eigenvalue weighted by Crippen LogP contribution is 2.30. The minimum Gasteiger partial charge on any atom is -0.481 e. The van der Waals surface area contributed by atoms with E-state index in [2.05, 4.69) is 20.3 Å². The zero-order valence-corrected chi connectivity index (χ0v) is 19.4. The molecule has 34 heavy (non-hydrogen) atoms. The van der Waals surface area contributed by atoms with Crippen LogP contribution in [0.2, 0.25) is 0 Å². The lowest BCUT2D eigenvalue weighted by molar-refractivity contribution is -0.117. The Kier molecular flexibility index (Phi) is 8.28. The number of benzene rings is 1. The van der Waals surface area contributed by atoms with E-state index in [-0.39, 0.29) is 24.0 Å². The Hall–Kier alpha value is -3.83. The number of hydrogen-bond donors (Lipinski definition) is 4. The van der Waals surface area contributed by atoms with Crippen molar-refractivity contribution in [2.24, 2.45) is 5.73 Å². The van der Waals surface area contributed by atoms with Gasteiger partial charge in [0.15, 0.2) is 5.69 Å². The molecule has 1 aromatic carbocycles. The number of ether oxygens (including phenoxy) is 1. The molecule has 178 valence electrons. The van der Waals surface area contributed by atoms with E-state index in [9.17, 15) is 14.0 Å². The van der Waals surface area contributed by atoms with Gasteiger partial charge in [-0.25, -0.2) is 19.2 Å². The molecule has 0 aliphatic carbocycles. The number of carboxylic acid groups (broad SMARTS) is 1. The van der Waals surface area contributed by atoms with Gasteiger partial charge < -0.3 is 25.9 Å². The van der Waals surface area contributed by atoms with Gasteiger partial charge in [0, 0.05) is 34.9 Å². The standard InChI is InChI=1S/C12H14FN3O.C11H10N2O3S/c13-9-1-2-11-10(5-9)8(6-16-11)3-4-15-7-12(14)17;1-6-13-9(11(14)15)10(17-6)7-3-4-8(16-2)12-5-7/h1-2,5-6,15-16H,3-4,7H2,(H2,14,17);3-5H,1-2H3,(H,14,15). The van der Waals surface area contributed by atoms with E-state index in [0.29, 0.717) is 22.3 Å². The van der Waals surface area contributed by atoms with Crippen molar-refractivity contribution in [1.29, 1.82) is 0 Å². The highest BCUT2D eigenvalue weighted by atomic mass is 32.1. The number of aromatic nitrogens is 3. The van der Waals surface area contributed by atoms with Crippen molar-refractivity contribution in [2.75, 3.05) is 20.2 Å². The van der Waals surface area contributed by atoms with Gasteiger partial charge in [-0.05, 0) is 49.7 Å². The van der Waals surface area contributed by atoms with Gasteiger partial charge in [-0.1, -0.05) is 0 Å². The number of primary amides is 1. The average molecular weight is 486 g/mol. The molecule has 1 amide bonds. The molecular weight excluding hydrogens is 461 g/mol. The van der Waals surface area contributed by atoms with E-state index in [1.165, 1.54) is 30.6 Å². The van der Waals surface area contributed by atoms with Crippen LogP contribution in [0, 0.1) is 12.7 Å². The van der Waals surface area contributed by atoms with Crippen LogP contribution in [-0.2, 0) is 11.2 Å². The molecule has 0 spiro atoms. The number of fused-ring (bicyclic) bond motifs is 1. The number of carbonyl (C=O) groups excluding carboxylic acids is 1. The normalized spacial score (nSPS) is 10.6. The molecule has 3 heterocycles. The lowest BCUT2D eigenvalue weighted by atomic mass is 10.1. The monoisotopic (exact) mass is 485 g/mol. The van der Waals surface area contributed by atoms with E-state index in [1.807, 2.05) is 6.20 Å². The molecule has 0 fully saturated rings. The van der Waals surface area contributed by atoms with Gasteiger partial charge in [0.05, 0.1) is 23.5 Å². The summed E-state index contributed by atoms with van der Waals surface area (Å²) in [5.41, 5.74) is 7.74. The summed E-state index contributed by atoms with van der Waals surface area (Å²) in [7, 11) is 1.53. The minimum absolute atomic E-state index is 0.0690. The molecule has 0 aliphatic rings. The number of nitrogens with one attached hydrogen (secondary N) is 2. The van der Waals surface area contributed by atoms with Gasteiger partial charge in [0.25, 0.3) is 0 Å². The topological polar surface area (TPSA) is 143 Å².